The number of nitrogens with two attached hydrogens (primary N) is 1. The van der Waals surface area contributed by atoms with Crippen molar-refractivity contribution in [3.05, 3.63) is 53.3 Å². The van der Waals surface area contributed by atoms with Crippen LogP contribution >= 0.6 is 0 Å². The van der Waals surface area contributed by atoms with Gasteiger partial charge in [0, 0.05) is 30.1 Å². The third kappa shape index (κ3) is 5.97. The van der Waals surface area contributed by atoms with E-state index in [1.807, 2.05) is 6.07 Å². The van der Waals surface area contributed by atoms with Gasteiger partial charge in [-0.25, -0.2) is 9.37 Å². The molecule has 1 aliphatic rings. The molecule has 5 rings (SSSR count). The molecule has 2 aromatic carbocycles. The number of rotatable bonds is 10. The van der Waals surface area contributed by atoms with E-state index in [9.17, 15) is 9.50 Å². The van der Waals surface area contributed by atoms with Gasteiger partial charge in [0.2, 0.25) is 5.95 Å². The topological polar surface area (TPSA) is 119 Å². The number of fused-ring (bicyclic) bond motifs is 3. The minimum atomic E-state index is -0.363. The molecule has 0 aliphatic carbocycles. The molecule has 1 fully saturated rings. The zero-order valence-electron chi connectivity index (χ0n) is 22.8. The first-order valence-electron chi connectivity index (χ1n) is 13.6. The Kier molecular flexibility index (Phi) is 8.65. The van der Waals surface area contributed by atoms with E-state index in [0.717, 1.165) is 54.9 Å². The molecular weight excluding hydrogens is 511 g/mol. The maximum atomic E-state index is 14.5. The number of aliphatic hydroxyl groups excluding tert-OH is 1. The van der Waals surface area contributed by atoms with Crippen molar-refractivity contribution in [1.29, 1.82) is 0 Å². The second kappa shape index (κ2) is 12.5. The van der Waals surface area contributed by atoms with Crippen molar-refractivity contribution < 1.29 is 19.0 Å². The number of anilines is 2. The Morgan fingerprint density at radius 3 is 2.90 bits per heavy atom. The van der Waals surface area contributed by atoms with Crippen LogP contribution in [0.5, 0.6) is 5.75 Å². The quantitative estimate of drug-likeness (QED) is 0.222. The second-order valence-electron chi connectivity index (χ2n) is 9.93. The number of ether oxygens (including phenoxy) is 2. The number of aliphatic hydroxyl groups is 1. The third-order valence-electron chi connectivity index (χ3n) is 7.12. The van der Waals surface area contributed by atoms with Gasteiger partial charge in [-0.05, 0) is 48.7 Å². The highest BCUT2D eigenvalue weighted by Gasteiger charge is 2.21. The molecule has 0 bridgehead atoms. The number of hydrogen-bond acceptors (Lipinski definition) is 8. The molecule has 0 amide bonds. The van der Waals surface area contributed by atoms with Gasteiger partial charge in [-0.1, -0.05) is 31.3 Å². The minimum absolute atomic E-state index is 0.0743. The average Bonchev–Trinajstić information content (AvgIpc) is 3.57. The number of halogens is 1. The first-order chi connectivity index (χ1) is 19.5. The Balaban J connectivity index is 1.61. The molecule has 9 nitrogen and oxygen atoms in total. The normalized spacial score (nSPS) is 15.8. The summed E-state index contributed by atoms with van der Waals surface area (Å²) in [4.78, 5) is 9.07. The van der Waals surface area contributed by atoms with Gasteiger partial charge in [0.15, 0.2) is 5.82 Å². The largest absolute Gasteiger partial charge is 0.496 e. The van der Waals surface area contributed by atoms with Crippen LogP contribution in [0.15, 0.2) is 36.4 Å². The summed E-state index contributed by atoms with van der Waals surface area (Å²) in [7, 11) is 1.65. The Morgan fingerprint density at radius 1 is 1.27 bits per heavy atom. The van der Waals surface area contributed by atoms with E-state index < -0.39 is 0 Å². The highest BCUT2D eigenvalue weighted by Crippen LogP contribution is 2.35. The van der Waals surface area contributed by atoms with Crippen LogP contribution in [0.1, 0.15) is 37.3 Å². The van der Waals surface area contributed by atoms with Gasteiger partial charge in [0.05, 0.1) is 31.8 Å². The maximum Gasteiger partial charge on any atom is 0.222 e. The molecule has 1 unspecified atom stereocenters. The Bertz CT molecular complexity index is 1550. The van der Waals surface area contributed by atoms with E-state index in [4.69, 9.17) is 15.2 Å². The molecule has 3 heterocycles. The summed E-state index contributed by atoms with van der Waals surface area (Å²) in [6, 6.07) is 10.9. The van der Waals surface area contributed by atoms with Crippen LogP contribution < -0.4 is 21.1 Å². The monoisotopic (exact) mass is 546 g/mol. The predicted octanol–water partition coefficient (Wildman–Crippen LogP) is 3.82. The molecule has 1 aliphatic heterocycles. The van der Waals surface area contributed by atoms with Crippen molar-refractivity contribution in [1.82, 2.24) is 19.9 Å². The van der Waals surface area contributed by atoms with Crippen molar-refractivity contribution in [3.63, 3.8) is 0 Å². The third-order valence-corrected chi connectivity index (χ3v) is 7.12. The molecule has 10 heteroatoms. The number of methoxy groups -OCH3 is 1. The number of benzene rings is 2. The van der Waals surface area contributed by atoms with Gasteiger partial charge in [-0.2, -0.15) is 4.98 Å². The lowest BCUT2D eigenvalue weighted by Crippen LogP contribution is -2.28. The van der Waals surface area contributed by atoms with Crippen molar-refractivity contribution in [3.8, 4) is 17.6 Å². The van der Waals surface area contributed by atoms with Crippen LogP contribution in [0.25, 0.3) is 21.9 Å². The molecule has 40 heavy (non-hydrogen) atoms. The van der Waals surface area contributed by atoms with Gasteiger partial charge in [-0.15, -0.1) is 0 Å². The zero-order valence-corrected chi connectivity index (χ0v) is 22.8. The molecule has 1 saturated heterocycles. The van der Waals surface area contributed by atoms with Crippen LogP contribution in [0.3, 0.4) is 0 Å². The Hall–Kier alpha value is -3.91. The van der Waals surface area contributed by atoms with Gasteiger partial charge in [-0.3, -0.25) is 0 Å². The molecule has 0 saturated carbocycles. The fourth-order valence-corrected chi connectivity index (χ4v) is 5.23. The Labute approximate surface area is 232 Å². The first kappa shape index (κ1) is 27.6. The van der Waals surface area contributed by atoms with E-state index in [2.05, 4.69) is 56.1 Å². The van der Waals surface area contributed by atoms with E-state index in [0.29, 0.717) is 41.4 Å². The maximum absolute atomic E-state index is 14.5. The van der Waals surface area contributed by atoms with Gasteiger partial charge in [0.1, 0.15) is 29.2 Å². The molecule has 5 N–H and O–H groups in total. The van der Waals surface area contributed by atoms with Gasteiger partial charge < -0.3 is 35.5 Å². The highest BCUT2D eigenvalue weighted by atomic mass is 19.1. The van der Waals surface area contributed by atoms with E-state index in [1.54, 1.807) is 13.2 Å². The van der Waals surface area contributed by atoms with E-state index in [1.165, 1.54) is 12.1 Å². The van der Waals surface area contributed by atoms with Crippen molar-refractivity contribution in [2.24, 2.45) is 0 Å². The average molecular weight is 547 g/mol. The SMILES string of the molecule is CCCC(C#CCO)Nc1nc(N)nc2c3cc(F)ccc3n(Cc3cc(CN[C@H]4CCOC4)ccc3OC)c12. The van der Waals surface area contributed by atoms with E-state index >= 15 is 0 Å². The molecule has 2 atom stereocenters. The summed E-state index contributed by atoms with van der Waals surface area (Å²) in [6.45, 7) is 4.47. The number of nitrogens with one attached hydrogen (secondary N) is 2. The lowest BCUT2D eigenvalue weighted by molar-refractivity contribution is 0.190. The van der Waals surface area contributed by atoms with Crippen LogP contribution in [0.2, 0.25) is 0 Å². The summed E-state index contributed by atoms with van der Waals surface area (Å²) >= 11 is 0. The van der Waals surface area contributed by atoms with Crippen LogP contribution in [-0.4, -0.2) is 58.7 Å². The molecule has 4 aromatic rings. The minimum Gasteiger partial charge on any atom is -0.496 e. The van der Waals surface area contributed by atoms with Crippen molar-refractivity contribution >= 4 is 33.7 Å². The lowest BCUT2D eigenvalue weighted by atomic mass is 10.1. The summed E-state index contributed by atoms with van der Waals surface area (Å²) in [5.74, 6) is 6.76. The summed E-state index contributed by atoms with van der Waals surface area (Å²) in [5.41, 5.74) is 10.3. The first-order valence-corrected chi connectivity index (χ1v) is 13.6. The number of nitrogens with zero attached hydrogens (tertiary/aromatic N) is 3. The van der Waals surface area contributed by atoms with Crippen LogP contribution in [0.4, 0.5) is 16.2 Å². The number of hydrogen-bond donors (Lipinski definition) is 4. The Morgan fingerprint density at radius 2 is 2.15 bits per heavy atom. The smallest absolute Gasteiger partial charge is 0.222 e. The summed E-state index contributed by atoms with van der Waals surface area (Å²) in [6.07, 6.45) is 2.62. The highest BCUT2D eigenvalue weighted by molar-refractivity contribution is 6.09. The fourth-order valence-electron chi connectivity index (χ4n) is 5.23. The van der Waals surface area contributed by atoms with Crippen LogP contribution in [-0.2, 0) is 17.8 Å². The standard InChI is InChI=1S/C30H35FN6O3/c1-3-5-22(6-4-12-38)34-29-28-27(35-30(32)36-29)24-15-21(31)8-9-25(24)37(28)17-20-14-19(7-10-26(20)39-2)16-33-23-11-13-40-18-23/h7-10,14-15,22-23,33,38H,3,5,11-13,16-18H2,1-2H3,(H3,32,34,35,36)/t22?,23-/m0/s1. The van der Waals surface area contributed by atoms with E-state index in [-0.39, 0.29) is 24.4 Å². The zero-order chi connectivity index (χ0) is 28.1. The summed E-state index contributed by atoms with van der Waals surface area (Å²) in [5, 5.41) is 16.9. The van der Waals surface area contributed by atoms with Crippen LogP contribution in [0, 0.1) is 17.7 Å². The van der Waals surface area contributed by atoms with Crippen molar-refractivity contribution in [2.75, 3.05) is 38.0 Å². The molecule has 2 aromatic heterocycles. The fraction of sp³-hybridized carbons (Fsp3) is 0.400. The predicted molar refractivity (Wildman–Crippen MR) is 155 cm³/mol. The van der Waals surface area contributed by atoms with Gasteiger partial charge in [0.25, 0.3) is 0 Å². The molecule has 0 radical (unpaired) electrons. The van der Waals surface area contributed by atoms with Gasteiger partial charge >= 0.3 is 0 Å². The summed E-state index contributed by atoms with van der Waals surface area (Å²) < 4.78 is 27.8. The molecule has 210 valence electrons. The second-order valence-corrected chi connectivity index (χ2v) is 9.93. The number of nitrogen functional groups attached to an aromatic ring is 1. The number of aromatic nitrogens is 3. The molecular formula is C30H35FN6O3. The van der Waals surface area contributed by atoms with Crippen molar-refractivity contribution in [2.45, 2.75) is 51.4 Å². The molecule has 0 spiro atoms. The lowest BCUT2D eigenvalue weighted by Gasteiger charge is -2.18.